The van der Waals surface area contributed by atoms with Crippen LogP contribution in [0, 0.1) is 18.3 Å². The second kappa shape index (κ2) is 7.62. The summed E-state index contributed by atoms with van der Waals surface area (Å²) in [6, 6.07) is 14.5. The van der Waals surface area contributed by atoms with Gasteiger partial charge in [-0.1, -0.05) is 17.7 Å². The van der Waals surface area contributed by atoms with Gasteiger partial charge in [-0.15, -0.1) is 5.10 Å². The maximum atomic E-state index is 12.2. The Morgan fingerprint density at radius 2 is 2.00 bits per heavy atom. The first kappa shape index (κ1) is 20.0. The fraction of sp³-hybridized carbons (Fsp3) is 0.174. The van der Waals surface area contributed by atoms with Crippen LogP contribution in [0.15, 0.2) is 52.1 Å². The van der Waals surface area contributed by atoms with Crippen LogP contribution in [0.3, 0.4) is 0 Å². The van der Waals surface area contributed by atoms with Crippen LogP contribution in [0.1, 0.15) is 35.7 Å². The summed E-state index contributed by atoms with van der Waals surface area (Å²) in [5, 5.41) is 14.0. The molecule has 1 aliphatic rings. The Labute approximate surface area is 186 Å². The molecule has 9 heteroatoms. The predicted molar refractivity (Wildman–Crippen MR) is 119 cm³/mol. The van der Waals surface area contributed by atoms with Gasteiger partial charge in [0.15, 0.2) is 0 Å². The quantitative estimate of drug-likeness (QED) is 0.508. The molecular formula is C23H16ClN5O3. The van der Waals surface area contributed by atoms with Gasteiger partial charge in [0.05, 0.1) is 16.2 Å². The van der Waals surface area contributed by atoms with E-state index in [0.29, 0.717) is 28.7 Å². The molecule has 32 heavy (non-hydrogen) atoms. The molecule has 0 aliphatic heterocycles. The highest BCUT2D eigenvalue weighted by atomic mass is 35.5. The van der Waals surface area contributed by atoms with Gasteiger partial charge in [-0.25, -0.2) is 4.79 Å². The van der Waals surface area contributed by atoms with Crippen molar-refractivity contribution in [3.63, 3.8) is 0 Å². The van der Waals surface area contributed by atoms with Gasteiger partial charge in [0.2, 0.25) is 5.69 Å². The number of aryl methyl sites for hydroxylation is 1. The third-order valence-corrected chi connectivity index (χ3v) is 5.57. The highest BCUT2D eigenvalue weighted by Crippen LogP contribution is 2.40. The minimum Gasteiger partial charge on any atom is -0.456 e. The van der Waals surface area contributed by atoms with Gasteiger partial charge in [-0.2, -0.15) is 9.94 Å². The molecule has 0 bridgehead atoms. The Kier molecular flexibility index (Phi) is 4.76. The number of benzene rings is 2. The number of halogens is 1. The first-order valence-corrected chi connectivity index (χ1v) is 10.3. The molecule has 8 nitrogen and oxygen atoms in total. The zero-order valence-corrected chi connectivity index (χ0v) is 17.7. The third-order valence-electron chi connectivity index (χ3n) is 5.29. The smallest absolute Gasteiger partial charge is 0.349 e. The van der Waals surface area contributed by atoms with E-state index >= 15 is 0 Å². The number of pyridine rings is 1. The maximum absolute atomic E-state index is 12.2. The van der Waals surface area contributed by atoms with Crippen LogP contribution < -0.4 is 16.0 Å². The third kappa shape index (κ3) is 3.63. The lowest BCUT2D eigenvalue weighted by molar-refractivity contribution is 0.479. The Balaban J connectivity index is 1.49. The molecule has 2 aromatic carbocycles. The van der Waals surface area contributed by atoms with E-state index in [1.165, 1.54) is 18.9 Å². The van der Waals surface area contributed by atoms with Gasteiger partial charge in [-0.3, -0.25) is 14.8 Å². The number of nitrogens with zero attached hydrogens (tertiary/aromatic N) is 4. The number of fused-ring (bicyclic) bond motifs is 1. The highest BCUT2D eigenvalue weighted by molar-refractivity contribution is 6.32. The van der Waals surface area contributed by atoms with Crippen molar-refractivity contribution in [3.8, 4) is 23.3 Å². The monoisotopic (exact) mass is 445 g/mol. The van der Waals surface area contributed by atoms with E-state index in [0.717, 1.165) is 21.3 Å². The van der Waals surface area contributed by atoms with E-state index in [2.05, 4.69) is 16.1 Å². The molecule has 0 amide bonds. The van der Waals surface area contributed by atoms with Crippen molar-refractivity contribution in [2.45, 2.75) is 25.7 Å². The minimum atomic E-state index is -0.841. The average Bonchev–Trinajstić information content (AvgIpc) is 3.61. The molecular weight excluding hydrogens is 430 g/mol. The molecule has 0 saturated heterocycles. The fourth-order valence-corrected chi connectivity index (χ4v) is 3.82. The normalized spacial score (nSPS) is 13.2. The van der Waals surface area contributed by atoms with Gasteiger partial charge in [-0.05, 0) is 61.7 Å². The average molecular weight is 446 g/mol. The van der Waals surface area contributed by atoms with Crippen LogP contribution in [0.5, 0.6) is 11.5 Å². The largest absolute Gasteiger partial charge is 0.456 e. The van der Waals surface area contributed by atoms with Crippen LogP contribution in [-0.4, -0.2) is 19.7 Å². The van der Waals surface area contributed by atoms with Crippen molar-refractivity contribution in [1.82, 2.24) is 19.7 Å². The molecule has 0 atom stereocenters. The summed E-state index contributed by atoms with van der Waals surface area (Å²) in [6.45, 7) is 1.77. The topological polar surface area (TPSA) is 114 Å². The van der Waals surface area contributed by atoms with E-state index < -0.39 is 16.9 Å². The van der Waals surface area contributed by atoms with E-state index in [-0.39, 0.29) is 5.02 Å². The van der Waals surface area contributed by atoms with Crippen molar-refractivity contribution < 1.29 is 4.74 Å². The Hall–Kier alpha value is -3.96. The first-order chi connectivity index (χ1) is 15.4. The zero-order valence-electron chi connectivity index (χ0n) is 16.9. The molecule has 2 heterocycles. The van der Waals surface area contributed by atoms with Crippen LogP contribution >= 0.6 is 11.6 Å². The van der Waals surface area contributed by atoms with E-state index in [9.17, 15) is 9.59 Å². The molecule has 0 unspecified atom stereocenters. The second-order valence-corrected chi connectivity index (χ2v) is 8.08. The van der Waals surface area contributed by atoms with Crippen LogP contribution in [-0.2, 0) is 0 Å². The summed E-state index contributed by atoms with van der Waals surface area (Å²) in [6.07, 6.45) is 2.40. The lowest BCUT2D eigenvalue weighted by atomic mass is 10.1. The fourth-order valence-electron chi connectivity index (χ4n) is 3.52. The lowest BCUT2D eigenvalue weighted by Crippen LogP contribution is -2.33. The van der Waals surface area contributed by atoms with Gasteiger partial charge < -0.3 is 4.74 Å². The van der Waals surface area contributed by atoms with Gasteiger partial charge in [0, 0.05) is 17.0 Å². The number of ether oxygens (including phenoxy) is 1. The van der Waals surface area contributed by atoms with E-state index in [1.807, 2.05) is 24.3 Å². The standard InChI is InChI=1S/C23H16ClN5O3/c1-12-8-15(29-23(31)27-22(30)20(11-25)28-29)10-17(24)21(12)32-16-5-7-19-14(9-16)4-6-18(26-19)13-2-3-13/h4-10,13H,2-3H2,1H3,(H,27,30,31). The molecule has 158 valence electrons. The molecule has 0 radical (unpaired) electrons. The maximum Gasteiger partial charge on any atom is 0.349 e. The van der Waals surface area contributed by atoms with Gasteiger partial charge in [0.1, 0.15) is 17.6 Å². The summed E-state index contributed by atoms with van der Waals surface area (Å²) in [7, 11) is 0. The zero-order chi connectivity index (χ0) is 22.4. The van der Waals surface area contributed by atoms with Crippen LogP contribution in [0.2, 0.25) is 5.02 Å². The van der Waals surface area contributed by atoms with E-state index in [4.69, 9.17) is 26.6 Å². The Bertz CT molecular complexity index is 1520. The lowest BCUT2D eigenvalue weighted by Gasteiger charge is -2.14. The number of H-pyrrole nitrogens is 1. The number of nitriles is 1. The molecule has 1 saturated carbocycles. The van der Waals surface area contributed by atoms with Crippen LogP contribution in [0.4, 0.5) is 0 Å². The van der Waals surface area contributed by atoms with Crippen molar-refractivity contribution in [1.29, 1.82) is 5.26 Å². The van der Waals surface area contributed by atoms with Crippen molar-refractivity contribution in [3.05, 3.63) is 85.3 Å². The molecule has 1 aliphatic carbocycles. The summed E-state index contributed by atoms with van der Waals surface area (Å²) < 4.78 is 6.96. The number of aromatic amines is 1. The summed E-state index contributed by atoms with van der Waals surface area (Å²) in [4.78, 5) is 30.5. The summed E-state index contributed by atoms with van der Waals surface area (Å²) >= 11 is 6.46. The molecule has 1 fully saturated rings. The molecule has 4 aromatic rings. The number of nitrogens with one attached hydrogen (secondary N) is 1. The molecule has 2 aromatic heterocycles. The number of rotatable bonds is 4. The highest BCUT2D eigenvalue weighted by Gasteiger charge is 2.25. The number of aromatic nitrogens is 4. The van der Waals surface area contributed by atoms with Crippen molar-refractivity contribution in [2.75, 3.05) is 0 Å². The summed E-state index contributed by atoms with van der Waals surface area (Å²) in [5.74, 6) is 1.61. The molecule has 0 spiro atoms. The Morgan fingerprint density at radius 1 is 1.19 bits per heavy atom. The van der Waals surface area contributed by atoms with Gasteiger partial charge >= 0.3 is 5.69 Å². The minimum absolute atomic E-state index is 0.251. The summed E-state index contributed by atoms with van der Waals surface area (Å²) in [5.41, 5.74) is 0.954. The van der Waals surface area contributed by atoms with Crippen LogP contribution in [0.25, 0.3) is 16.6 Å². The molecule has 1 N–H and O–H groups in total. The Morgan fingerprint density at radius 3 is 2.72 bits per heavy atom. The predicted octanol–water partition coefficient (Wildman–Crippen LogP) is 3.97. The van der Waals surface area contributed by atoms with Crippen molar-refractivity contribution in [2.24, 2.45) is 0 Å². The van der Waals surface area contributed by atoms with Crippen molar-refractivity contribution >= 4 is 22.5 Å². The van der Waals surface area contributed by atoms with Gasteiger partial charge in [0.25, 0.3) is 5.56 Å². The number of hydrogen-bond donors (Lipinski definition) is 1. The number of hydrogen-bond acceptors (Lipinski definition) is 6. The SMILES string of the molecule is Cc1cc(-n2nc(C#N)c(=O)[nH]c2=O)cc(Cl)c1Oc1ccc2nc(C3CC3)ccc2c1. The second-order valence-electron chi connectivity index (χ2n) is 7.67. The van der Waals surface area contributed by atoms with E-state index in [1.54, 1.807) is 19.1 Å². The first-order valence-electron chi connectivity index (χ1n) is 9.96. The molecule has 5 rings (SSSR count).